The lowest BCUT2D eigenvalue weighted by Crippen LogP contribution is -2.43. The normalized spacial score (nSPS) is 11.4. The highest BCUT2D eigenvalue weighted by Crippen LogP contribution is 2.22. The Morgan fingerprint density at radius 2 is 1.77 bits per heavy atom. The highest BCUT2D eigenvalue weighted by Gasteiger charge is 2.20. The SMILES string of the molecule is CN=C(NCCNC(=O)C(C)(C)C)NCCc1ccc(OC)cc1Cl.I. The van der Waals surface area contributed by atoms with E-state index < -0.39 is 0 Å². The molecule has 0 aromatic heterocycles. The van der Waals surface area contributed by atoms with Crippen molar-refractivity contribution in [1.29, 1.82) is 0 Å². The van der Waals surface area contributed by atoms with E-state index in [1.165, 1.54) is 0 Å². The Hall–Kier alpha value is -1.22. The van der Waals surface area contributed by atoms with Gasteiger partial charge in [-0.1, -0.05) is 38.4 Å². The van der Waals surface area contributed by atoms with Crippen molar-refractivity contribution in [3.05, 3.63) is 28.8 Å². The van der Waals surface area contributed by atoms with Crippen LogP contribution in [0.15, 0.2) is 23.2 Å². The van der Waals surface area contributed by atoms with E-state index in [2.05, 4.69) is 20.9 Å². The predicted molar refractivity (Wildman–Crippen MR) is 119 cm³/mol. The van der Waals surface area contributed by atoms with E-state index in [4.69, 9.17) is 16.3 Å². The maximum absolute atomic E-state index is 11.8. The molecule has 0 saturated carbocycles. The van der Waals surface area contributed by atoms with E-state index in [0.717, 1.165) is 17.7 Å². The summed E-state index contributed by atoms with van der Waals surface area (Å²) in [5.74, 6) is 1.47. The van der Waals surface area contributed by atoms with Gasteiger partial charge >= 0.3 is 0 Å². The lowest BCUT2D eigenvalue weighted by atomic mass is 9.96. The monoisotopic (exact) mass is 496 g/mol. The van der Waals surface area contributed by atoms with Crippen molar-refractivity contribution >= 4 is 47.4 Å². The van der Waals surface area contributed by atoms with Crippen molar-refractivity contribution in [2.24, 2.45) is 10.4 Å². The minimum absolute atomic E-state index is 0. The fourth-order valence-electron chi connectivity index (χ4n) is 2.02. The number of guanidine groups is 1. The molecule has 1 aromatic carbocycles. The number of carbonyl (C=O) groups excluding carboxylic acids is 1. The van der Waals surface area contributed by atoms with Gasteiger partial charge in [0.1, 0.15) is 5.75 Å². The maximum atomic E-state index is 11.8. The van der Waals surface area contributed by atoms with E-state index in [1.807, 2.05) is 39.0 Å². The minimum Gasteiger partial charge on any atom is -0.497 e. The van der Waals surface area contributed by atoms with Gasteiger partial charge in [-0.15, -0.1) is 24.0 Å². The molecule has 3 N–H and O–H groups in total. The van der Waals surface area contributed by atoms with Crippen LogP contribution in [0, 0.1) is 5.41 Å². The zero-order chi connectivity index (χ0) is 18.9. The molecule has 0 aliphatic carbocycles. The Bertz CT molecular complexity index is 603. The number of nitrogens with one attached hydrogen (secondary N) is 3. The Morgan fingerprint density at radius 3 is 2.31 bits per heavy atom. The molecule has 6 nitrogen and oxygen atoms in total. The van der Waals surface area contributed by atoms with Gasteiger partial charge < -0.3 is 20.7 Å². The molecule has 0 atom stereocenters. The number of carbonyl (C=O) groups is 1. The zero-order valence-electron chi connectivity index (χ0n) is 16.1. The molecule has 0 saturated heterocycles. The third kappa shape index (κ3) is 8.93. The molecule has 1 aromatic rings. The highest BCUT2D eigenvalue weighted by atomic mass is 127. The maximum Gasteiger partial charge on any atom is 0.225 e. The molecule has 0 aliphatic heterocycles. The fraction of sp³-hybridized carbons (Fsp3) is 0.556. The fourth-order valence-corrected chi connectivity index (χ4v) is 2.28. The summed E-state index contributed by atoms with van der Waals surface area (Å²) in [6.07, 6.45) is 0.768. The number of hydrogen-bond acceptors (Lipinski definition) is 3. The number of aliphatic imine (C=N–C) groups is 1. The summed E-state index contributed by atoms with van der Waals surface area (Å²) < 4.78 is 5.14. The van der Waals surface area contributed by atoms with Crippen LogP contribution in [0.3, 0.4) is 0 Å². The zero-order valence-corrected chi connectivity index (χ0v) is 19.2. The first-order chi connectivity index (χ1) is 11.8. The summed E-state index contributed by atoms with van der Waals surface area (Å²) in [6, 6.07) is 5.66. The number of methoxy groups -OCH3 is 1. The van der Waals surface area contributed by atoms with Crippen LogP contribution >= 0.6 is 35.6 Å². The molecule has 0 fully saturated rings. The van der Waals surface area contributed by atoms with Gasteiger partial charge in [0, 0.05) is 37.1 Å². The van der Waals surface area contributed by atoms with Crippen molar-refractivity contribution < 1.29 is 9.53 Å². The first-order valence-electron chi connectivity index (χ1n) is 8.33. The van der Waals surface area contributed by atoms with Gasteiger partial charge in [0.25, 0.3) is 0 Å². The van der Waals surface area contributed by atoms with Crippen LogP contribution in [-0.2, 0) is 11.2 Å². The van der Waals surface area contributed by atoms with Crippen LogP contribution in [0.5, 0.6) is 5.75 Å². The number of benzene rings is 1. The highest BCUT2D eigenvalue weighted by molar-refractivity contribution is 14.0. The summed E-state index contributed by atoms with van der Waals surface area (Å²) in [4.78, 5) is 15.9. The standard InChI is InChI=1S/C18H29ClN4O2.HI/c1-18(2,3)16(24)21-10-11-23-17(20-4)22-9-8-13-6-7-14(25-5)12-15(13)19;/h6-7,12H,8-11H2,1-5H3,(H,21,24)(H2,20,22,23);1H. The molecule has 1 rings (SSSR count). The second kappa shape index (κ2) is 12.2. The topological polar surface area (TPSA) is 74.8 Å². The molecule has 0 unspecified atom stereocenters. The van der Waals surface area contributed by atoms with Crippen LogP contribution in [0.25, 0.3) is 0 Å². The van der Waals surface area contributed by atoms with Gasteiger partial charge in [-0.05, 0) is 24.1 Å². The Morgan fingerprint density at radius 1 is 1.15 bits per heavy atom. The molecule has 0 spiro atoms. The summed E-state index contributed by atoms with van der Waals surface area (Å²) in [5, 5.41) is 9.97. The van der Waals surface area contributed by atoms with Gasteiger partial charge in [0.15, 0.2) is 5.96 Å². The second-order valence-corrected chi connectivity index (χ2v) is 7.05. The molecule has 8 heteroatoms. The van der Waals surface area contributed by atoms with Crippen LogP contribution in [0.4, 0.5) is 0 Å². The van der Waals surface area contributed by atoms with E-state index in [1.54, 1.807) is 14.2 Å². The van der Waals surface area contributed by atoms with Crippen molar-refractivity contribution in [1.82, 2.24) is 16.0 Å². The Labute approximate surface area is 178 Å². The van der Waals surface area contributed by atoms with Crippen LogP contribution in [-0.4, -0.2) is 45.7 Å². The van der Waals surface area contributed by atoms with Gasteiger partial charge in [0.2, 0.25) is 5.91 Å². The number of nitrogens with zero attached hydrogens (tertiary/aromatic N) is 1. The van der Waals surface area contributed by atoms with Crippen molar-refractivity contribution in [2.75, 3.05) is 33.8 Å². The molecule has 0 heterocycles. The molecule has 1 amide bonds. The van der Waals surface area contributed by atoms with E-state index in [9.17, 15) is 4.79 Å². The number of rotatable bonds is 7. The van der Waals surface area contributed by atoms with Gasteiger partial charge in [-0.2, -0.15) is 0 Å². The first-order valence-corrected chi connectivity index (χ1v) is 8.71. The summed E-state index contributed by atoms with van der Waals surface area (Å²) >= 11 is 6.23. The van der Waals surface area contributed by atoms with Crippen LogP contribution in [0.2, 0.25) is 5.02 Å². The first kappa shape index (κ1) is 24.8. The lowest BCUT2D eigenvalue weighted by molar-refractivity contribution is -0.128. The van der Waals surface area contributed by atoms with E-state index in [0.29, 0.717) is 30.6 Å². The smallest absolute Gasteiger partial charge is 0.225 e. The summed E-state index contributed by atoms with van der Waals surface area (Å²) in [7, 11) is 3.33. The molecule has 26 heavy (non-hydrogen) atoms. The summed E-state index contributed by atoms with van der Waals surface area (Å²) in [5.41, 5.74) is 0.667. The summed E-state index contributed by atoms with van der Waals surface area (Å²) in [6.45, 7) is 7.51. The number of hydrogen-bond donors (Lipinski definition) is 3. The van der Waals surface area contributed by atoms with Crippen LogP contribution in [0.1, 0.15) is 26.3 Å². The predicted octanol–water partition coefficient (Wildman–Crippen LogP) is 2.84. The number of amides is 1. The number of halogens is 2. The molecular weight excluding hydrogens is 467 g/mol. The molecule has 0 radical (unpaired) electrons. The van der Waals surface area contributed by atoms with E-state index >= 15 is 0 Å². The van der Waals surface area contributed by atoms with Crippen molar-refractivity contribution in [3.63, 3.8) is 0 Å². The average Bonchev–Trinajstić information content (AvgIpc) is 2.57. The average molecular weight is 497 g/mol. The molecule has 0 aliphatic rings. The second-order valence-electron chi connectivity index (χ2n) is 6.64. The molecule has 148 valence electrons. The Balaban J connectivity index is 0.00000625. The largest absolute Gasteiger partial charge is 0.497 e. The van der Waals surface area contributed by atoms with Gasteiger partial charge in [-0.3, -0.25) is 9.79 Å². The quantitative estimate of drug-likeness (QED) is 0.235. The molecule has 0 bridgehead atoms. The third-order valence-electron chi connectivity index (χ3n) is 3.55. The third-order valence-corrected chi connectivity index (χ3v) is 3.91. The van der Waals surface area contributed by atoms with Crippen molar-refractivity contribution in [2.45, 2.75) is 27.2 Å². The van der Waals surface area contributed by atoms with E-state index in [-0.39, 0.29) is 35.3 Å². The Kier molecular flexibility index (Phi) is 11.6. The molecular formula is C18H30ClIN4O2. The van der Waals surface area contributed by atoms with Gasteiger partial charge in [0.05, 0.1) is 7.11 Å². The minimum atomic E-state index is -0.377. The van der Waals surface area contributed by atoms with Crippen molar-refractivity contribution in [3.8, 4) is 5.75 Å². The lowest BCUT2D eigenvalue weighted by Gasteiger charge is -2.18. The van der Waals surface area contributed by atoms with Crippen LogP contribution < -0.4 is 20.7 Å². The van der Waals surface area contributed by atoms with Gasteiger partial charge in [-0.25, -0.2) is 0 Å². The number of ether oxygens (including phenoxy) is 1.